The van der Waals surface area contributed by atoms with Crippen LogP contribution >= 0.6 is 0 Å². The topological polar surface area (TPSA) is 8.81 Å². The van der Waals surface area contributed by atoms with E-state index in [4.69, 9.17) is 0 Å². The van der Waals surface area contributed by atoms with Crippen molar-refractivity contribution in [1.82, 2.24) is 4.57 Å². The van der Waals surface area contributed by atoms with Gasteiger partial charge in [0.2, 0.25) is 0 Å². The van der Waals surface area contributed by atoms with Gasteiger partial charge in [0.1, 0.15) is 12.4 Å². The summed E-state index contributed by atoms with van der Waals surface area (Å²) in [5.74, 6) is 1.36. The molecule has 130 valence electrons. The number of halogens is 1. The molecule has 3 heteroatoms. The van der Waals surface area contributed by atoms with Crippen LogP contribution in [0.5, 0.6) is 0 Å². The average molecular weight is 329 g/mol. The number of imidazole rings is 1. The first-order valence-corrected chi connectivity index (χ1v) is 9.27. The molecule has 0 atom stereocenters. The lowest BCUT2D eigenvalue weighted by atomic mass is 10.1. The van der Waals surface area contributed by atoms with E-state index >= 15 is 0 Å². The third kappa shape index (κ3) is 9.50. The Balaban J connectivity index is 0.00000441. The minimum atomic E-state index is 0. The third-order valence-corrected chi connectivity index (χ3v) is 4.65. The van der Waals surface area contributed by atoms with Crippen molar-refractivity contribution in [3.8, 4) is 0 Å². The zero-order chi connectivity index (χ0) is 15.3. The van der Waals surface area contributed by atoms with Crippen LogP contribution in [0.1, 0.15) is 89.8 Å². The summed E-state index contributed by atoms with van der Waals surface area (Å²) >= 11 is 0. The van der Waals surface area contributed by atoms with E-state index in [1.807, 2.05) is 0 Å². The fourth-order valence-electron chi connectivity index (χ4n) is 2.96. The number of unbranched alkanes of at least 4 members (excludes halogenated alkanes) is 11. The molecule has 1 aromatic rings. The molecule has 0 radical (unpaired) electrons. The van der Waals surface area contributed by atoms with Gasteiger partial charge in [-0.15, -0.1) is 0 Å². The maximum atomic E-state index is 2.37. The van der Waals surface area contributed by atoms with Gasteiger partial charge in [-0.3, -0.25) is 0 Å². The van der Waals surface area contributed by atoms with Gasteiger partial charge in [-0.25, -0.2) is 9.13 Å². The molecule has 1 rings (SSSR count). The molecule has 0 spiro atoms. The monoisotopic (exact) mass is 328 g/mol. The zero-order valence-electron chi connectivity index (χ0n) is 15.1. The minimum absolute atomic E-state index is 0. The molecule has 0 saturated carbocycles. The predicted molar refractivity (Wildman–Crippen MR) is 91.4 cm³/mol. The second-order valence-electron chi connectivity index (χ2n) is 6.54. The van der Waals surface area contributed by atoms with Gasteiger partial charge in [-0.2, -0.15) is 0 Å². The van der Waals surface area contributed by atoms with Crippen molar-refractivity contribution in [2.24, 2.45) is 7.05 Å². The summed E-state index contributed by atoms with van der Waals surface area (Å²) in [6, 6.07) is 0. The lowest BCUT2D eigenvalue weighted by Gasteiger charge is -2.03. The molecule has 0 unspecified atom stereocenters. The van der Waals surface area contributed by atoms with Crippen LogP contribution in [0.4, 0.5) is 0 Å². The lowest BCUT2D eigenvalue weighted by molar-refractivity contribution is -0.677. The van der Waals surface area contributed by atoms with Gasteiger partial charge in [0.15, 0.2) is 0 Å². The fraction of sp³-hybridized carbons (Fsp3) is 0.842. The molecule has 0 aliphatic heterocycles. The van der Waals surface area contributed by atoms with Gasteiger partial charge in [-0.05, 0) is 12.8 Å². The van der Waals surface area contributed by atoms with Gasteiger partial charge >= 0.3 is 0 Å². The molecule has 0 aliphatic carbocycles. The van der Waals surface area contributed by atoms with Crippen molar-refractivity contribution in [3.63, 3.8) is 0 Å². The van der Waals surface area contributed by atoms with Gasteiger partial charge in [0.05, 0.1) is 13.6 Å². The maximum Gasteiger partial charge on any atom is 0.253 e. The van der Waals surface area contributed by atoms with E-state index in [1.165, 1.54) is 89.4 Å². The Bertz CT molecular complexity index is 360. The number of aryl methyl sites for hydroxylation is 2. The summed E-state index contributed by atoms with van der Waals surface area (Å²) in [5, 5.41) is 0. The van der Waals surface area contributed by atoms with Crippen LogP contribution in [-0.2, 0) is 13.6 Å². The van der Waals surface area contributed by atoms with E-state index in [9.17, 15) is 0 Å². The van der Waals surface area contributed by atoms with Crippen molar-refractivity contribution in [2.45, 2.75) is 97.4 Å². The molecular weight excluding hydrogens is 292 g/mol. The van der Waals surface area contributed by atoms with Crippen molar-refractivity contribution in [3.05, 3.63) is 18.2 Å². The summed E-state index contributed by atoms with van der Waals surface area (Å²) in [7, 11) is 2.12. The number of hydrogen-bond acceptors (Lipinski definition) is 0. The number of hydrogen-bond donors (Lipinski definition) is 0. The number of rotatable bonds is 13. The Hall–Kier alpha value is -0.500. The molecule has 1 aromatic heterocycles. The maximum absolute atomic E-state index is 2.37. The molecule has 0 bridgehead atoms. The van der Waals surface area contributed by atoms with Gasteiger partial charge in [-0.1, -0.05) is 71.1 Å². The zero-order valence-corrected chi connectivity index (χ0v) is 15.9. The Morgan fingerprint density at radius 1 is 0.818 bits per heavy atom. The molecule has 0 fully saturated rings. The van der Waals surface area contributed by atoms with Crippen LogP contribution in [0.3, 0.4) is 0 Å². The van der Waals surface area contributed by atoms with Crippen LogP contribution in [0.15, 0.2) is 12.4 Å². The first-order valence-electron chi connectivity index (χ1n) is 9.27. The lowest BCUT2D eigenvalue weighted by Crippen LogP contribution is -3.00. The molecular formula is C19H37ClN2. The van der Waals surface area contributed by atoms with Crippen LogP contribution in [0.2, 0.25) is 0 Å². The van der Waals surface area contributed by atoms with Crippen molar-refractivity contribution in [2.75, 3.05) is 0 Å². The molecule has 1 heterocycles. The summed E-state index contributed by atoms with van der Waals surface area (Å²) in [4.78, 5) is 0. The van der Waals surface area contributed by atoms with E-state index < -0.39 is 0 Å². The van der Waals surface area contributed by atoms with Crippen molar-refractivity contribution >= 4 is 0 Å². The highest BCUT2D eigenvalue weighted by molar-refractivity contribution is 4.78. The number of nitrogens with zero attached hydrogens (tertiary/aromatic N) is 2. The average Bonchev–Trinajstić information content (AvgIpc) is 2.80. The SMILES string of the molecule is CCCCCCCCCCCCCCn1cc[n+](C)c1C.[Cl-]. The van der Waals surface area contributed by atoms with E-state index in [0.29, 0.717) is 0 Å². The Labute approximate surface area is 144 Å². The molecule has 0 N–H and O–H groups in total. The van der Waals surface area contributed by atoms with Gasteiger partial charge in [0, 0.05) is 6.92 Å². The molecule has 0 amide bonds. The van der Waals surface area contributed by atoms with E-state index in [2.05, 4.69) is 42.4 Å². The summed E-state index contributed by atoms with van der Waals surface area (Å²) < 4.78 is 4.57. The fourth-order valence-corrected chi connectivity index (χ4v) is 2.96. The molecule has 0 aliphatic rings. The summed E-state index contributed by atoms with van der Waals surface area (Å²) in [5.41, 5.74) is 0. The standard InChI is InChI=1S/C19H37N2.ClH/c1-4-5-6-7-8-9-10-11-12-13-14-15-16-21-18-17-20(3)19(21)2;/h17-18H,4-16H2,1-3H3;1H/q+1;/p-1. The second-order valence-corrected chi connectivity index (χ2v) is 6.54. The Morgan fingerprint density at radius 3 is 1.68 bits per heavy atom. The van der Waals surface area contributed by atoms with Crippen molar-refractivity contribution in [1.29, 1.82) is 0 Å². The van der Waals surface area contributed by atoms with E-state index in [-0.39, 0.29) is 12.4 Å². The quantitative estimate of drug-likeness (QED) is 0.388. The highest BCUT2D eigenvalue weighted by Gasteiger charge is 2.07. The second kappa shape index (κ2) is 14.1. The van der Waals surface area contributed by atoms with Crippen LogP contribution < -0.4 is 17.0 Å². The summed E-state index contributed by atoms with van der Waals surface area (Å²) in [6.07, 6.45) is 21.5. The highest BCUT2D eigenvalue weighted by Crippen LogP contribution is 2.12. The Kier molecular flexibility index (Phi) is 13.8. The van der Waals surface area contributed by atoms with Crippen LogP contribution in [-0.4, -0.2) is 4.57 Å². The molecule has 0 saturated heterocycles. The third-order valence-electron chi connectivity index (χ3n) is 4.65. The predicted octanol–water partition coefficient (Wildman–Crippen LogP) is 2.33. The van der Waals surface area contributed by atoms with Crippen LogP contribution in [0, 0.1) is 6.92 Å². The van der Waals surface area contributed by atoms with Crippen molar-refractivity contribution < 1.29 is 17.0 Å². The van der Waals surface area contributed by atoms with E-state index in [1.54, 1.807) is 0 Å². The largest absolute Gasteiger partial charge is 1.00 e. The Morgan fingerprint density at radius 2 is 1.27 bits per heavy atom. The first-order chi connectivity index (χ1) is 10.3. The minimum Gasteiger partial charge on any atom is -1.00 e. The molecule has 22 heavy (non-hydrogen) atoms. The molecule has 0 aromatic carbocycles. The molecule has 2 nitrogen and oxygen atoms in total. The van der Waals surface area contributed by atoms with Gasteiger partial charge < -0.3 is 12.4 Å². The first kappa shape index (κ1) is 21.5. The summed E-state index contributed by atoms with van der Waals surface area (Å²) in [6.45, 7) is 5.67. The van der Waals surface area contributed by atoms with E-state index in [0.717, 1.165) is 0 Å². The number of aromatic nitrogens is 2. The van der Waals surface area contributed by atoms with Crippen LogP contribution in [0.25, 0.3) is 0 Å². The smallest absolute Gasteiger partial charge is 0.253 e. The highest BCUT2D eigenvalue weighted by atomic mass is 35.5. The van der Waals surface area contributed by atoms with Gasteiger partial charge in [0.25, 0.3) is 5.82 Å². The normalized spacial score (nSPS) is 10.7.